The molecule has 4 rings (SSSR count). The Labute approximate surface area is 175 Å². The lowest BCUT2D eigenvalue weighted by Crippen LogP contribution is -2.27. The molecule has 6 nitrogen and oxygen atoms in total. The maximum atomic E-state index is 12.6. The standard InChI is InChI=1S/C24H25N3O3/c1-17-10-11-21(18(2)15-17)30-14-12-27-20-8-5-4-7-19(20)25-23(27)16-26(3)24(28)22-9-6-13-29-22/h4-11,13,15H,12,14,16H2,1-3H3. The van der Waals surface area contributed by atoms with Gasteiger partial charge >= 0.3 is 0 Å². The van der Waals surface area contributed by atoms with Crippen LogP contribution >= 0.6 is 0 Å². The summed E-state index contributed by atoms with van der Waals surface area (Å²) in [5.74, 6) is 1.84. The molecule has 0 bridgehead atoms. The van der Waals surface area contributed by atoms with Gasteiger partial charge in [0.15, 0.2) is 5.76 Å². The maximum absolute atomic E-state index is 12.6. The summed E-state index contributed by atoms with van der Waals surface area (Å²) in [5, 5.41) is 0. The van der Waals surface area contributed by atoms with Crippen molar-refractivity contribution in [1.29, 1.82) is 0 Å². The largest absolute Gasteiger partial charge is 0.491 e. The van der Waals surface area contributed by atoms with E-state index >= 15 is 0 Å². The topological polar surface area (TPSA) is 60.5 Å². The van der Waals surface area contributed by atoms with Crippen LogP contribution in [0.3, 0.4) is 0 Å². The number of para-hydroxylation sites is 2. The molecule has 2 aromatic carbocycles. The van der Waals surface area contributed by atoms with Gasteiger partial charge in [0, 0.05) is 7.05 Å². The second-order valence-corrected chi connectivity index (χ2v) is 7.42. The van der Waals surface area contributed by atoms with E-state index in [0.717, 1.165) is 28.2 Å². The molecule has 0 spiro atoms. The van der Waals surface area contributed by atoms with Gasteiger partial charge in [0.2, 0.25) is 0 Å². The van der Waals surface area contributed by atoms with E-state index in [0.29, 0.717) is 25.5 Å². The molecule has 4 aromatic rings. The highest BCUT2D eigenvalue weighted by Crippen LogP contribution is 2.21. The first kappa shape index (κ1) is 19.8. The Morgan fingerprint density at radius 2 is 1.97 bits per heavy atom. The number of furan rings is 1. The number of hydrogen-bond donors (Lipinski definition) is 0. The molecule has 0 saturated heterocycles. The van der Waals surface area contributed by atoms with Crippen molar-refractivity contribution in [3.05, 3.63) is 83.6 Å². The smallest absolute Gasteiger partial charge is 0.289 e. The molecule has 0 aliphatic heterocycles. The van der Waals surface area contributed by atoms with Crippen molar-refractivity contribution in [1.82, 2.24) is 14.5 Å². The Balaban J connectivity index is 1.53. The number of carbonyl (C=O) groups is 1. The maximum Gasteiger partial charge on any atom is 0.289 e. The van der Waals surface area contributed by atoms with Gasteiger partial charge in [0.25, 0.3) is 5.91 Å². The number of nitrogens with zero attached hydrogens (tertiary/aromatic N) is 3. The number of aromatic nitrogens is 2. The molecule has 2 aromatic heterocycles. The third-order valence-electron chi connectivity index (χ3n) is 5.09. The predicted octanol–water partition coefficient (Wildman–Crippen LogP) is 4.60. The number of benzene rings is 2. The van der Waals surface area contributed by atoms with Crippen LogP contribution in [0.4, 0.5) is 0 Å². The zero-order chi connectivity index (χ0) is 21.1. The van der Waals surface area contributed by atoms with Gasteiger partial charge in [-0.05, 0) is 49.7 Å². The van der Waals surface area contributed by atoms with Crippen LogP contribution in [0.15, 0.2) is 65.3 Å². The summed E-state index contributed by atoms with van der Waals surface area (Å²) in [6, 6.07) is 17.5. The monoisotopic (exact) mass is 403 g/mol. The average Bonchev–Trinajstić information content (AvgIpc) is 3.37. The quantitative estimate of drug-likeness (QED) is 0.453. The van der Waals surface area contributed by atoms with Crippen molar-refractivity contribution in [3.8, 4) is 5.75 Å². The number of aryl methyl sites for hydroxylation is 2. The molecule has 0 aliphatic carbocycles. The normalized spacial score (nSPS) is 11.0. The SMILES string of the molecule is Cc1ccc(OCCn2c(CN(C)C(=O)c3ccco3)nc3ccccc32)c(C)c1. The fourth-order valence-electron chi connectivity index (χ4n) is 3.58. The molecule has 154 valence electrons. The highest BCUT2D eigenvalue weighted by Gasteiger charge is 2.18. The molecule has 0 unspecified atom stereocenters. The third-order valence-corrected chi connectivity index (χ3v) is 5.09. The Kier molecular flexibility index (Phi) is 5.57. The second-order valence-electron chi connectivity index (χ2n) is 7.42. The zero-order valence-corrected chi connectivity index (χ0v) is 17.5. The second kappa shape index (κ2) is 8.45. The lowest BCUT2D eigenvalue weighted by molar-refractivity contribution is 0.0748. The predicted molar refractivity (Wildman–Crippen MR) is 116 cm³/mol. The summed E-state index contributed by atoms with van der Waals surface area (Å²) in [5.41, 5.74) is 4.26. The molecule has 0 atom stereocenters. The van der Waals surface area contributed by atoms with Crippen molar-refractivity contribution in [2.45, 2.75) is 26.9 Å². The van der Waals surface area contributed by atoms with Crippen LogP contribution in [0.1, 0.15) is 27.5 Å². The number of ether oxygens (including phenoxy) is 1. The number of amides is 1. The molecule has 0 fully saturated rings. The van der Waals surface area contributed by atoms with Crippen LogP contribution in [-0.4, -0.2) is 34.0 Å². The Morgan fingerprint density at radius 1 is 1.13 bits per heavy atom. The molecule has 0 saturated carbocycles. The Bertz CT molecular complexity index is 1160. The molecule has 0 N–H and O–H groups in total. The molecular formula is C24H25N3O3. The van der Waals surface area contributed by atoms with Crippen molar-refractivity contribution in [2.24, 2.45) is 0 Å². The van der Waals surface area contributed by atoms with Crippen molar-refractivity contribution < 1.29 is 13.9 Å². The number of fused-ring (bicyclic) bond motifs is 1. The van der Waals surface area contributed by atoms with E-state index < -0.39 is 0 Å². The molecule has 2 heterocycles. The highest BCUT2D eigenvalue weighted by molar-refractivity contribution is 5.91. The fraction of sp³-hybridized carbons (Fsp3) is 0.250. The summed E-state index contributed by atoms with van der Waals surface area (Å²) in [6.07, 6.45) is 1.50. The van der Waals surface area contributed by atoms with Crippen LogP contribution in [0, 0.1) is 13.8 Å². The minimum absolute atomic E-state index is 0.176. The molecule has 30 heavy (non-hydrogen) atoms. The van der Waals surface area contributed by atoms with E-state index in [1.807, 2.05) is 30.3 Å². The molecular weight excluding hydrogens is 378 g/mol. The van der Waals surface area contributed by atoms with Crippen LogP contribution in [0.25, 0.3) is 11.0 Å². The van der Waals surface area contributed by atoms with E-state index in [2.05, 4.69) is 30.5 Å². The van der Waals surface area contributed by atoms with Crippen molar-refractivity contribution >= 4 is 16.9 Å². The summed E-state index contributed by atoms with van der Waals surface area (Å²) in [6.45, 7) is 5.63. The van der Waals surface area contributed by atoms with Crippen LogP contribution in [-0.2, 0) is 13.1 Å². The summed E-state index contributed by atoms with van der Waals surface area (Å²) >= 11 is 0. The van der Waals surface area contributed by atoms with Gasteiger partial charge in [-0.3, -0.25) is 4.79 Å². The molecule has 0 radical (unpaired) electrons. The minimum atomic E-state index is -0.176. The van der Waals surface area contributed by atoms with E-state index in [-0.39, 0.29) is 5.91 Å². The number of rotatable bonds is 7. The van der Waals surface area contributed by atoms with Crippen LogP contribution in [0.2, 0.25) is 0 Å². The van der Waals surface area contributed by atoms with E-state index in [9.17, 15) is 4.79 Å². The van der Waals surface area contributed by atoms with Crippen LogP contribution in [0.5, 0.6) is 5.75 Å². The first-order valence-electron chi connectivity index (χ1n) is 9.96. The lowest BCUT2D eigenvalue weighted by Gasteiger charge is -2.17. The van der Waals surface area contributed by atoms with Gasteiger partial charge in [-0.25, -0.2) is 4.98 Å². The Hall–Kier alpha value is -3.54. The fourth-order valence-corrected chi connectivity index (χ4v) is 3.58. The molecule has 0 aliphatic rings. The zero-order valence-electron chi connectivity index (χ0n) is 17.5. The summed E-state index contributed by atoms with van der Waals surface area (Å²) in [7, 11) is 1.75. The number of imidazole rings is 1. The van der Waals surface area contributed by atoms with Gasteiger partial charge in [-0.15, -0.1) is 0 Å². The first-order valence-corrected chi connectivity index (χ1v) is 9.96. The first-order chi connectivity index (χ1) is 14.5. The summed E-state index contributed by atoms with van der Waals surface area (Å²) < 4.78 is 13.4. The lowest BCUT2D eigenvalue weighted by atomic mass is 10.1. The minimum Gasteiger partial charge on any atom is -0.491 e. The Morgan fingerprint density at radius 3 is 2.73 bits per heavy atom. The van der Waals surface area contributed by atoms with Crippen LogP contribution < -0.4 is 4.74 Å². The van der Waals surface area contributed by atoms with E-state index in [1.165, 1.54) is 11.8 Å². The number of carbonyl (C=O) groups excluding carboxylic acids is 1. The van der Waals surface area contributed by atoms with Gasteiger partial charge in [-0.1, -0.05) is 29.8 Å². The number of hydrogen-bond acceptors (Lipinski definition) is 4. The van der Waals surface area contributed by atoms with Crippen molar-refractivity contribution in [3.63, 3.8) is 0 Å². The van der Waals surface area contributed by atoms with E-state index in [1.54, 1.807) is 24.1 Å². The molecule has 1 amide bonds. The third kappa shape index (κ3) is 4.08. The summed E-state index contributed by atoms with van der Waals surface area (Å²) in [4.78, 5) is 18.9. The van der Waals surface area contributed by atoms with Crippen molar-refractivity contribution in [2.75, 3.05) is 13.7 Å². The molecule has 6 heteroatoms. The highest BCUT2D eigenvalue weighted by atomic mass is 16.5. The van der Waals surface area contributed by atoms with Gasteiger partial charge in [0.05, 0.1) is 30.4 Å². The van der Waals surface area contributed by atoms with Gasteiger partial charge in [-0.2, -0.15) is 0 Å². The van der Waals surface area contributed by atoms with Gasteiger partial charge < -0.3 is 18.6 Å². The van der Waals surface area contributed by atoms with E-state index in [4.69, 9.17) is 14.1 Å². The average molecular weight is 403 g/mol. The van der Waals surface area contributed by atoms with Gasteiger partial charge in [0.1, 0.15) is 18.2 Å².